The standard InChI is InChI=1S/C15H30O2Si/c1-12-8-10-14(11-9-12)18(16-3,17-4)15-7-5-6-13(15)2/h12-15H,5-11H2,1-4H3. The van der Waals surface area contributed by atoms with Crippen molar-refractivity contribution in [3.63, 3.8) is 0 Å². The van der Waals surface area contributed by atoms with Crippen molar-refractivity contribution in [3.8, 4) is 0 Å². The average Bonchev–Trinajstić information content (AvgIpc) is 2.81. The fourth-order valence-electron chi connectivity index (χ4n) is 4.43. The minimum atomic E-state index is -2.00. The average molecular weight is 270 g/mol. The van der Waals surface area contributed by atoms with Gasteiger partial charge in [0.25, 0.3) is 0 Å². The predicted molar refractivity (Wildman–Crippen MR) is 77.9 cm³/mol. The van der Waals surface area contributed by atoms with Crippen LogP contribution in [0.5, 0.6) is 0 Å². The zero-order chi connectivity index (χ0) is 13.2. The first kappa shape index (κ1) is 14.5. The van der Waals surface area contributed by atoms with E-state index < -0.39 is 8.56 Å². The maximum atomic E-state index is 6.13. The Labute approximate surface area is 114 Å². The highest BCUT2D eigenvalue weighted by Crippen LogP contribution is 2.52. The molecule has 0 spiro atoms. The molecule has 2 nitrogen and oxygen atoms in total. The molecule has 2 fully saturated rings. The van der Waals surface area contributed by atoms with Crippen LogP contribution in [-0.2, 0) is 8.85 Å². The molecule has 0 N–H and O–H groups in total. The molecule has 0 heterocycles. The van der Waals surface area contributed by atoms with Crippen LogP contribution >= 0.6 is 0 Å². The quantitative estimate of drug-likeness (QED) is 0.701. The van der Waals surface area contributed by atoms with E-state index in [1.807, 2.05) is 14.2 Å². The molecule has 2 rings (SSSR count). The summed E-state index contributed by atoms with van der Waals surface area (Å²) in [5.74, 6) is 1.71. The maximum absolute atomic E-state index is 6.13. The van der Waals surface area contributed by atoms with Crippen LogP contribution in [0.1, 0.15) is 58.8 Å². The summed E-state index contributed by atoms with van der Waals surface area (Å²) in [5.41, 5.74) is 1.46. The third-order valence-electron chi connectivity index (χ3n) is 5.60. The molecule has 0 aliphatic heterocycles. The molecule has 2 atom stereocenters. The summed E-state index contributed by atoms with van der Waals surface area (Å²) in [6.45, 7) is 4.79. The highest BCUT2D eigenvalue weighted by molar-refractivity contribution is 6.70. The Balaban J connectivity index is 2.15. The van der Waals surface area contributed by atoms with Crippen LogP contribution in [0, 0.1) is 11.8 Å². The van der Waals surface area contributed by atoms with Gasteiger partial charge in [-0.25, -0.2) is 0 Å². The second-order valence-electron chi connectivity index (χ2n) is 6.60. The van der Waals surface area contributed by atoms with E-state index in [9.17, 15) is 0 Å². The van der Waals surface area contributed by atoms with Crippen molar-refractivity contribution in [2.45, 2.75) is 69.9 Å². The predicted octanol–water partition coefficient (Wildman–Crippen LogP) is 4.49. The smallest absolute Gasteiger partial charge is 0.344 e. The van der Waals surface area contributed by atoms with Crippen LogP contribution < -0.4 is 0 Å². The van der Waals surface area contributed by atoms with Crippen molar-refractivity contribution in [3.05, 3.63) is 0 Å². The van der Waals surface area contributed by atoms with Gasteiger partial charge in [-0.3, -0.25) is 0 Å². The van der Waals surface area contributed by atoms with Crippen LogP contribution in [0.25, 0.3) is 0 Å². The van der Waals surface area contributed by atoms with Gasteiger partial charge in [0, 0.05) is 25.3 Å². The van der Waals surface area contributed by atoms with Crippen molar-refractivity contribution >= 4 is 8.56 Å². The van der Waals surface area contributed by atoms with Crippen LogP contribution in [0.3, 0.4) is 0 Å². The number of hydrogen-bond donors (Lipinski definition) is 0. The van der Waals surface area contributed by atoms with Crippen LogP contribution in [0.15, 0.2) is 0 Å². The first-order valence-corrected chi connectivity index (χ1v) is 9.71. The van der Waals surface area contributed by atoms with Crippen molar-refractivity contribution in [2.75, 3.05) is 14.2 Å². The largest absolute Gasteiger partial charge is 0.397 e. The van der Waals surface area contributed by atoms with E-state index in [4.69, 9.17) is 8.85 Å². The maximum Gasteiger partial charge on any atom is 0.344 e. The van der Waals surface area contributed by atoms with Gasteiger partial charge in [0.15, 0.2) is 0 Å². The zero-order valence-corrected chi connectivity index (χ0v) is 13.6. The summed E-state index contributed by atoms with van der Waals surface area (Å²) >= 11 is 0. The van der Waals surface area contributed by atoms with Gasteiger partial charge >= 0.3 is 8.56 Å². The third kappa shape index (κ3) is 2.54. The summed E-state index contributed by atoms with van der Waals surface area (Å²) in [5, 5.41) is 0. The molecule has 3 heteroatoms. The van der Waals surface area contributed by atoms with E-state index in [-0.39, 0.29) is 0 Å². The minimum absolute atomic E-state index is 0.728. The van der Waals surface area contributed by atoms with Crippen LogP contribution in [0.4, 0.5) is 0 Å². The first-order chi connectivity index (χ1) is 8.64. The van der Waals surface area contributed by atoms with Gasteiger partial charge in [0.05, 0.1) is 0 Å². The molecule has 0 bridgehead atoms. The van der Waals surface area contributed by atoms with E-state index in [0.717, 1.165) is 22.9 Å². The molecule has 2 aliphatic carbocycles. The molecule has 2 saturated carbocycles. The summed E-state index contributed by atoms with van der Waals surface area (Å²) < 4.78 is 12.3. The fraction of sp³-hybridized carbons (Fsp3) is 1.00. The lowest BCUT2D eigenvalue weighted by molar-refractivity contribution is 0.190. The molecule has 0 saturated heterocycles. The topological polar surface area (TPSA) is 18.5 Å². The normalized spacial score (nSPS) is 38.0. The van der Waals surface area contributed by atoms with Crippen molar-refractivity contribution in [2.24, 2.45) is 11.8 Å². The molecular formula is C15H30O2Si. The third-order valence-corrected chi connectivity index (χ3v) is 10.5. The summed E-state index contributed by atoms with van der Waals surface area (Å²) in [6, 6.07) is 0. The molecule has 18 heavy (non-hydrogen) atoms. The van der Waals surface area contributed by atoms with Crippen LogP contribution in [0.2, 0.25) is 11.1 Å². The molecular weight excluding hydrogens is 240 g/mol. The Morgan fingerprint density at radius 1 is 0.833 bits per heavy atom. The molecule has 0 amide bonds. The molecule has 0 aromatic carbocycles. The highest BCUT2D eigenvalue weighted by Gasteiger charge is 2.54. The SMILES string of the molecule is CO[Si](OC)(C1CCC(C)CC1)C1CCCC1C. The Kier molecular flexibility index (Phi) is 4.90. The van der Waals surface area contributed by atoms with Gasteiger partial charge in [-0.2, -0.15) is 0 Å². The summed E-state index contributed by atoms with van der Waals surface area (Å²) in [7, 11) is 1.83. The van der Waals surface area contributed by atoms with Gasteiger partial charge in [-0.15, -0.1) is 0 Å². The van der Waals surface area contributed by atoms with E-state index in [2.05, 4.69) is 13.8 Å². The second kappa shape index (κ2) is 6.06. The molecule has 2 unspecified atom stereocenters. The van der Waals surface area contributed by atoms with Crippen molar-refractivity contribution in [1.82, 2.24) is 0 Å². The Hall–Kier alpha value is 0.137. The van der Waals surface area contributed by atoms with Gasteiger partial charge in [0.2, 0.25) is 0 Å². The monoisotopic (exact) mass is 270 g/mol. The highest BCUT2D eigenvalue weighted by atomic mass is 28.4. The number of rotatable bonds is 4. The molecule has 0 radical (unpaired) electrons. The fourth-order valence-corrected chi connectivity index (χ4v) is 9.18. The number of hydrogen-bond acceptors (Lipinski definition) is 2. The second-order valence-corrected chi connectivity index (χ2v) is 10.4. The Morgan fingerprint density at radius 2 is 1.44 bits per heavy atom. The van der Waals surface area contributed by atoms with Gasteiger partial charge in [-0.1, -0.05) is 39.5 Å². The Bertz CT molecular complexity index is 257. The molecule has 2 aliphatic rings. The lowest BCUT2D eigenvalue weighted by Gasteiger charge is -2.43. The van der Waals surface area contributed by atoms with Gasteiger partial charge in [0.1, 0.15) is 0 Å². The summed E-state index contributed by atoms with van der Waals surface area (Å²) in [6.07, 6.45) is 9.48. The lowest BCUT2D eigenvalue weighted by atomic mass is 9.90. The molecule has 106 valence electrons. The van der Waals surface area contributed by atoms with Gasteiger partial charge < -0.3 is 8.85 Å². The minimum Gasteiger partial charge on any atom is -0.397 e. The van der Waals surface area contributed by atoms with E-state index in [0.29, 0.717) is 0 Å². The first-order valence-electron chi connectivity index (χ1n) is 7.74. The van der Waals surface area contributed by atoms with Crippen LogP contribution in [-0.4, -0.2) is 22.8 Å². The van der Waals surface area contributed by atoms with Gasteiger partial charge in [-0.05, 0) is 31.1 Å². The van der Waals surface area contributed by atoms with E-state index >= 15 is 0 Å². The van der Waals surface area contributed by atoms with Crippen molar-refractivity contribution in [1.29, 1.82) is 0 Å². The lowest BCUT2D eigenvalue weighted by Crippen LogP contribution is -2.51. The zero-order valence-electron chi connectivity index (χ0n) is 12.6. The van der Waals surface area contributed by atoms with Crippen molar-refractivity contribution < 1.29 is 8.85 Å². The Morgan fingerprint density at radius 3 is 1.89 bits per heavy atom. The summed E-state index contributed by atoms with van der Waals surface area (Å²) in [4.78, 5) is 0. The van der Waals surface area contributed by atoms with E-state index in [1.165, 1.54) is 44.9 Å². The van der Waals surface area contributed by atoms with E-state index in [1.54, 1.807) is 0 Å². The molecule has 0 aromatic rings. The molecule has 0 aromatic heterocycles.